The lowest BCUT2D eigenvalue weighted by atomic mass is 9.85. The van der Waals surface area contributed by atoms with Gasteiger partial charge in [0.25, 0.3) is 0 Å². The number of rotatable bonds is 10. The summed E-state index contributed by atoms with van der Waals surface area (Å²) >= 11 is 0. The van der Waals surface area contributed by atoms with Crippen LogP contribution in [0.25, 0.3) is 0 Å². The molecule has 3 aromatic rings. The maximum Gasteiger partial charge on any atom is 0.340 e. The topological polar surface area (TPSA) is 76.1 Å². The van der Waals surface area contributed by atoms with Crippen LogP contribution in [0.5, 0.6) is 5.75 Å². The van der Waals surface area contributed by atoms with Crippen LogP contribution in [0.4, 0.5) is 4.39 Å². The number of hydrogen-bond donors (Lipinski definition) is 1. The zero-order valence-corrected chi connectivity index (χ0v) is 20.9. The smallest absolute Gasteiger partial charge is 0.340 e. The van der Waals surface area contributed by atoms with E-state index in [1.54, 1.807) is 36.4 Å². The van der Waals surface area contributed by atoms with Gasteiger partial charge in [-0.2, -0.15) is 0 Å². The number of likely N-dealkylation sites (tertiary alicyclic amines) is 1. The Morgan fingerprint density at radius 1 is 1.05 bits per heavy atom. The van der Waals surface area contributed by atoms with Gasteiger partial charge in [-0.1, -0.05) is 54.6 Å². The number of phenols is 1. The first-order valence-electron chi connectivity index (χ1n) is 12.5. The van der Waals surface area contributed by atoms with E-state index in [1.807, 2.05) is 18.2 Å². The highest BCUT2D eigenvalue weighted by molar-refractivity contribution is 5.82. The Morgan fingerprint density at radius 2 is 1.76 bits per heavy atom. The second-order valence-electron chi connectivity index (χ2n) is 9.34. The Kier molecular flexibility index (Phi) is 9.04. The van der Waals surface area contributed by atoms with Crippen molar-refractivity contribution in [3.05, 3.63) is 101 Å². The average molecular weight is 506 g/mol. The largest absolute Gasteiger partial charge is 0.507 e. The summed E-state index contributed by atoms with van der Waals surface area (Å²) in [5.41, 5.74) is 2.39. The molecule has 4 rings (SSSR count). The van der Waals surface area contributed by atoms with Crippen LogP contribution in [0.15, 0.2) is 72.8 Å². The van der Waals surface area contributed by atoms with Gasteiger partial charge in [0.2, 0.25) is 0 Å². The summed E-state index contributed by atoms with van der Waals surface area (Å²) in [7, 11) is 1.46. The summed E-state index contributed by atoms with van der Waals surface area (Å²) in [5.74, 6) is -0.969. The quantitative estimate of drug-likeness (QED) is 0.299. The van der Waals surface area contributed by atoms with E-state index >= 15 is 0 Å². The normalized spacial score (nSPS) is 16.2. The van der Waals surface area contributed by atoms with Crippen LogP contribution in [0, 0.1) is 11.7 Å². The number of benzene rings is 3. The predicted octanol–water partition coefficient (Wildman–Crippen LogP) is 5.27. The molecule has 0 saturated carbocycles. The molecule has 0 aromatic heterocycles. The van der Waals surface area contributed by atoms with Crippen molar-refractivity contribution in [2.24, 2.45) is 5.92 Å². The highest BCUT2D eigenvalue weighted by Gasteiger charge is 2.35. The van der Waals surface area contributed by atoms with Crippen molar-refractivity contribution in [2.45, 2.75) is 31.5 Å². The van der Waals surface area contributed by atoms with E-state index < -0.39 is 18.2 Å². The van der Waals surface area contributed by atoms with Gasteiger partial charge in [-0.25, -0.2) is 9.18 Å². The number of esters is 1. The second-order valence-corrected chi connectivity index (χ2v) is 9.34. The molecule has 1 saturated heterocycles. The molecule has 0 amide bonds. The summed E-state index contributed by atoms with van der Waals surface area (Å²) in [5, 5.41) is 10.3. The molecular formula is C30H32FNO5. The fourth-order valence-corrected chi connectivity index (χ4v) is 4.96. The highest BCUT2D eigenvalue weighted by Crippen LogP contribution is 2.38. The molecule has 1 aliphatic heterocycles. The third kappa shape index (κ3) is 6.61. The SMILES string of the molecule is CO[C@@H](C(=O)OC(c1cccc(O)c1C=O)C1CCN(CCc2ccc(F)cc2)CC1)c1ccccc1. The van der Waals surface area contributed by atoms with Gasteiger partial charge in [-0.15, -0.1) is 0 Å². The monoisotopic (exact) mass is 505 g/mol. The molecule has 0 radical (unpaired) electrons. The minimum atomic E-state index is -0.906. The molecule has 3 aromatic carbocycles. The fourth-order valence-electron chi connectivity index (χ4n) is 4.96. The van der Waals surface area contributed by atoms with E-state index in [-0.39, 0.29) is 23.0 Å². The second kappa shape index (κ2) is 12.6. The maximum absolute atomic E-state index is 13.3. The zero-order valence-electron chi connectivity index (χ0n) is 20.9. The summed E-state index contributed by atoms with van der Waals surface area (Å²) < 4.78 is 24.7. The number of carbonyl (C=O) groups is 2. The molecule has 0 spiro atoms. The van der Waals surface area contributed by atoms with Gasteiger partial charge in [0.05, 0.1) is 5.56 Å². The van der Waals surface area contributed by atoms with Crippen LogP contribution >= 0.6 is 0 Å². The van der Waals surface area contributed by atoms with Crippen LogP contribution in [0.3, 0.4) is 0 Å². The number of ether oxygens (including phenoxy) is 2. The maximum atomic E-state index is 13.3. The lowest BCUT2D eigenvalue weighted by molar-refractivity contribution is -0.166. The van der Waals surface area contributed by atoms with E-state index in [0.29, 0.717) is 17.4 Å². The number of aldehydes is 1. The van der Waals surface area contributed by atoms with Gasteiger partial charge in [-0.05, 0) is 61.7 Å². The molecule has 0 aliphatic carbocycles. The number of phenolic OH excluding ortho intramolecular Hbond substituents is 1. The van der Waals surface area contributed by atoms with E-state index in [2.05, 4.69) is 4.90 Å². The Balaban J connectivity index is 1.49. The van der Waals surface area contributed by atoms with Crippen molar-refractivity contribution in [3.63, 3.8) is 0 Å². The molecule has 6 nitrogen and oxygen atoms in total. The van der Waals surface area contributed by atoms with Crippen molar-refractivity contribution >= 4 is 12.3 Å². The molecule has 7 heteroatoms. The Labute approximate surface area is 216 Å². The average Bonchev–Trinajstić information content (AvgIpc) is 2.93. The molecular weight excluding hydrogens is 473 g/mol. The van der Waals surface area contributed by atoms with Gasteiger partial charge in [0.1, 0.15) is 17.7 Å². The van der Waals surface area contributed by atoms with Crippen molar-refractivity contribution in [3.8, 4) is 5.75 Å². The number of hydrogen-bond acceptors (Lipinski definition) is 6. The van der Waals surface area contributed by atoms with Crippen LogP contribution in [-0.4, -0.2) is 49.0 Å². The molecule has 2 atom stereocenters. The van der Waals surface area contributed by atoms with E-state index in [4.69, 9.17) is 9.47 Å². The fraction of sp³-hybridized carbons (Fsp3) is 0.333. The van der Waals surface area contributed by atoms with Gasteiger partial charge < -0.3 is 19.5 Å². The minimum absolute atomic E-state index is 0.0419. The number of halogens is 1. The lowest BCUT2D eigenvalue weighted by Crippen LogP contribution is -2.38. The summed E-state index contributed by atoms with van der Waals surface area (Å²) in [6, 6.07) is 20.5. The number of carbonyl (C=O) groups excluding carboxylic acids is 2. The minimum Gasteiger partial charge on any atom is -0.507 e. The lowest BCUT2D eigenvalue weighted by Gasteiger charge is -2.36. The Morgan fingerprint density at radius 3 is 2.41 bits per heavy atom. The van der Waals surface area contributed by atoms with Crippen molar-refractivity contribution < 1.29 is 28.6 Å². The molecule has 1 aliphatic rings. The summed E-state index contributed by atoms with van der Waals surface area (Å²) in [6.07, 6.45) is 1.31. The standard InChI is InChI=1S/C30H32FNO5/c1-36-29(22-6-3-2-4-7-22)30(35)37-28(25-8-5-9-27(34)26(25)20-33)23-15-18-32(19-16-23)17-14-21-10-12-24(31)13-11-21/h2-13,20,23,28-29,34H,14-19H2,1H3/t28?,29-/m1/s1. The summed E-state index contributed by atoms with van der Waals surface area (Å²) in [4.78, 5) is 27.5. The number of aromatic hydroxyl groups is 1. The van der Waals surface area contributed by atoms with Gasteiger partial charge >= 0.3 is 5.97 Å². The summed E-state index contributed by atoms with van der Waals surface area (Å²) in [6.45, 7) is 2.43. The van der Waals surface area contributed by atoms with E-state index in [0.717, 1.165) is 44.5 Å². The number of nitrogens with zero attached hydrogens (tertiary/aromatic N) is 1. The van der Waals surface area contributed by atoms with Crippen molar-refractivity contribution in [2.75, 3.05) is 26.7 Å². The van der Waals surface area contributed by atoms with Crippen LogP contribution in [0.2, 0.25) is 0 Å². The van der Waals surface area contributed by atoms with Crippen LogP contribution in [-0.2, 0) is 20.7 Å². The van der Waals surface area contributed by atoms with Gasteiger partial charge in [-0.3, -0.25) is 4.79 Å². The Hall–Kier alpha value is -3.55. The zero-order chi connectivity index (χ0) is 26.2. The van der Waals surface area contributed by atoms with Crippen LogP contribution < -0.4 is 0 Å². The molecule has 1 N–H and O–H groups in total. The highest BCUT2D eigenvalue weighted by atomic mass is 19.1. The van der Waals surface area contributed by atoms with Gasteiger partial charge in [0.15, 0.2) is 12.4 Å². The van der Waals surface area contributed by atoms with Gasteiger partial charge in [0, 0.05) is 25.1 Å². The molecule has 0 bridgehead atoms. The molecule has 1 heterocycles. The predicted molar refractivity (Wildman–Crippen MR) is 138 cm³/mol. The molecule has 1 fully saturated rings. The van der Waals surface area contributed by atoms with Crippen LogP contribution in [0.1, 0.15) is 52.1 Å². The third-order valence-corrected chi connectivity index (χ3v) is 7.03. The van der Waals surface area contributed by atoms with Crippen molar-refractivity contribution in [1.82, 2.24) is 4.90 Å². The molecule has 1 unspecified atom stereocenters. The van der Waals surface area contributed by atoms with E-state index in [9.17, 15) is 19.1 Å². The number of methoxy groups -OCH3 is 1. The third-order valence-electron chi connectivity index (χ3n) is 7.03. The molecule has 37 heavy (non-hydrogen) atoms. The Bertz CT molecular complexity index is 1180. The first kappa shape index (κ1) is 26.5. The van der Waals surface area contributed by atoms with E-state index in [1.165, 1.54) is 25.3 Å². The first-order valence-corrected chi connectivity index (χ1v) is 12.5. The molecule has 194 valence electrons. The number of piperidine rings is 1. The van der Waals surface area contributed by atoms with Crippen molar-refractivity contribution in [1.29, 1.82) is 0 Å². The first-order chi connectivity index (χ1) is 18.0.